The maximum absolute atomic E-state index is 12.4. The number of nitrogens with zero attached hydrogens (tertiary/aromatic N) is 1. The van der Waals surface area contributed by atoms with Crippen molar-refractivity contribution >= 4 is 11.6 Å². The highest BCUT2D eigenvalue weighted by molar-refractivity contribution is 5.95. The van der Waals surface area contributed by atoms with Crippen LogP contribution in [0.4, 0.5) is 14.5 Å². The minimum absolute atomic E-state index is 0.120. The van der Waals surface area contributed by atoms with Gasteiger partial charge in [-0.25, -0.2) is 8.78 Å². The van der Waals surface area contributed by atoms with E-state index in [0.29, 0.717) is 11.3 Å². The van der Waals surface area contributed by atoms with Crippen LogP contribution in [0.15, 0.2) is 24.3 Å². The smallest absolute Gasteiger partial charge is 0.255 e. The molecule has 1 amide bonds. The van der Waals surface area contributed by atoms with E-state index in [2.05, 4.69) is 0 Å². The van der Waals surface area contributed by atoms with Gasteiger partial charge in [0.25, 0.3) is 12.3 Å². The number of benzene rings is 1. The van der Waals surface area contributed by atoms with Crippen LogP contribution in [0.5, 0.6) is 0 Å². The Morgan fingerprint density at radius 2 is 2.22 bits per heavy atom. The van der Waals surface area contributed by atoms with Crippen LogP contribution in [0.3, 0.4) is 0 Å². The summed E-state index contributed by atoms with van der Waals surface area (Å²) in [6, 6.07) is 6.25. The number of amides is 1. The molecule has 6 heteroatoms. The number of hydrogen-bond acceptors (Lipinski definition) is 3. The fourth-order valence-corrected chi connectivity index (χ4v) is 1.50. The van der Waals surface area contributed by atoms with Gasteiger partial charge in [0.15, 0.2) is 0 Å². The molecule has 0 atom stereocenters. The summed E-state index contributed by atoms with van der Waals surface area (Å²) in [6.07, 6.45) is -2.58. The summed E-state index contributed by atoms with van der Waals surface area (Å²) in [7, 11) is 1.45. The SMILES string of the molecule is COCCN(CC(F)F)C(=O)c1cccc(N)c1. The zero-order valence-electron chi connectivity index (χ0n) is 10.1. The Hall–Kier alpha value is -1.69. The Balaban J connectivity index is 2.80. The second-order valence-electron chi connectivity index (χ2n) is 3.76. The van der Waals surface area contributed by atoms with Gasteiger partial charge in [-0.2, -0.15) is 0 Å². The predicted molar refractivity (Wildman–Crippen MR) is 64.6 cm³/mol. The Bertz CT molecular complexity index is 399. The molecule has 0 aliphatic heterocycles. The average Bonchev–Trinajstić information content (AvgIpc) is 2.33. The van der Waals surface area contributed by atoms with Gasteiger partial charge in [0.2, 0.25) is 0 Å². The number of nitrogen functional groups attached to an aromatic ring is 1. The van der Waals surface area contributed by atoms with Crippen LogP contribution in [-0.4, -0.2) is 44.0 Å². The van der Waals surface area contributed by atoms with Crippen LogP contribution in [0, 0.1) is 0 Å². The van der Waals surface area contributed by atoms with E-state index >= 15 is 0 Å². The van der Waals surface area contributed by atoms with Gasteiger partial charge in [-0.15, -0.1) is 0 Å². The van der Waals surface area contributed by atoms with Crippen LogP contribution in [-0.2, 0) is 4.74 Å². The van der Waals surface area contributed by atoms with Crippen molar-refractivity contribution in [2.75, 3.05) is 32.5 Å². The molecule has 0 saturated heterocycles. The van der Waals surface area contributed by atoms with Crippen LogP contribution < -0.4 is 5.73 Å². The minimum atomic E-state index is -2.58. The van der Waals surface area contributed by atoms with E-state index in [-0.39, 0.29) is 13.2 Å². The summed E-state index contributed by atoms with van der Waals surface area (Å²) < 4.78 is 29.6. The van der Waals surface area contributed by atoms with Gasteiger partial charge in [0.1, 0.15) is 0 Å². The number of nitrogens with two attached hydrogens (primary N) is 1. The summed E-state index contributed by atoms with van der Waals surface area (Å²) >= 11 is 0. The molecule has 0 aliphatic carbocycles. The largest absolute Gasteiger partial charge is 0.399 e. The second-order valence-corrected chi connectivity index (χ2v) is 3.76. The van der Waals surface area contributed by atoms with Crippen molar-refractivity contribution in [3.05, 3.63) is 29.8 Å². The van der Waals surface area contributed by atoms with Gasteiger partial charge < -0.3 is 15.4 Å². The fourth-order valence-electron chi connectivity index (χ4n) is 1.50. The van der Waals surface area contributed by atoms with E-state index in [1.807, 2.05) is 0 Å². The normalized spacial score (nSPS) is 10.7. The van der Waals surface area contributed by atoms with E-state index < -0.39 is 18.9 Å². The molecule has 0 unspecified atom stereocenters. The Labute approximate surface area is 104 Å². The summed E-state index contributed by atoms with van der Waals surface area (Å²) in [6.45, 7) is -0.285. The first-order valence-electron chi connectivity index (χ1n) is 5.46. The molecule has 18 heavy (non-hydrogen) atoms. The number of methoxy groups -OCH3 is 1. The number of halogens is 2. The molecule has 1 aromatic carbocycles. The minimum Gasteiger partial charge on any atom is -0.399 e. The van der Waals surface area contributed by atoms with Crippen LogP contribution in [0.1, 0.15) is 10.4 Å². The standard InChI is InChI=1S/C12H16F2N2O2/c1-18-6-5-16(8-11(13)14)12(17)9-3-2-4-10(15)7-9/h2-4,7,11H,5-6,8,15H2,1H3. The topological polar surface area (TPSA) is 55.6 Å². The lowest BCUT2D eigenvalue weighted by Crippen LogP contribution is -2.37. The summed E-state index contributed by atoms with van der Waals surface area (Å²) in [5.41, 5.74) is 6.27. The molecule has 2 N–H and O–H groups in total. The summed E-state index contributed by atoms with van der Waals surface area (Å²) in [4.78, 5) is 13.1. The molecule has 0 radical (unpaired) electrons. The van der Waals surface area contributed by atoms with E-state index in [9.17, 15) is 13.6 Å². The lowest BCUT2D eigenvalue weighted by molar-refractivity contribution is 0.0478. The van der Waals surface area contributed by atoms with Crippen molar-refractivity contribution in [1.29, 1.82) is 0 Å². The average molecular weight is 258 g/mol. The number of rotatable bonds is 6. The first-order chi connectivity index (χ1) is 8.54. The molecule has 1 aromatic rings. The van der Waals surface area contributed by atoms with E-state index in [0.717, 1.165) is 4.90 Å². The molecule has 0 saturated carbocycles. The van der Waals surface area contributed by atoms with Crippen LogP contribution >= 0.6 is 0 Å². The second kappa shape index (κ2) is 6.90. The maximum atomic E-state index is 12.4. The molecular formula is C12H16F2N2O2. The third-order valence-electron chi connectivity index (χ3n) is 2.34. The van der Waals surface area contributed by atoms with Crippen molar-refractivity contribution in [2.24, 2.45) is 0 Å². The highest BCUT2D eigenvalue weighted by atomic mass is 19.3. The number of anilines is 1. The molecule has 0 aliphatic rings. The van der Waals surface area contributed by atoms with Crippen molar-refractivity contribution in [3.8, 4) is 0 Å². The highest BCUT2D eigenvalue weighted by Gasteiger charge is 2.19. The maximum Gasteiger partial charge on any atom is 0.255 e. The summed E-state index contributed by atoms with van der Waals surface area (Å²) in [5, 5.41) is 0. The van der Waals surface area contributed by atoms with Crippen LogP contribution in [0.2, 0.25) is 0 Å². The van der Waals surface area contributed by atoms with Gasteiger partial charge >= 0.3 is 0 Å². The Morgan fingerprint density at radius 3 is 2.78 bits per heavy atom. The highest BCUT2D eigenvalue weighted by Crippen LogP contribution is 2.11. The summed E-state index contributed by atoms with van der Waals surface area (Å²) in [5.74, 6) is -0.473. The zero-order valence-corrected chi connectivity index (χ0v) is 10.1. The van der Waals surface area contributed by atoms with Gasteiger partial charge in [-0.3, -0.25) is 4.79 Å². The number of carbonyl (C=O) groups excluding carboxylic acids is 1. The number of ether oxygens (including phenoxy) is 1. The van der Waals surface area contributed by atoms with Crippen LogP contribution in [0.25, 0.3) is 0 Å². The molecule has 0 aromatic heterocycles. The monoisotopic (exact) mass is 258 g/mol. The molecule has 100 valence electrons. The fraction of sp³-hybridized carbons (Fsp3) is 0.417. The number of alkyl halides is 2. The molecule has 4 nitrogen and oxygen atoms in total. The van der Waals surface area contributed by atoms with Crippen molar-refractivity contribution < 1.29 is 18.3 Å². The molecule has 1 rings (SSSR count). The van der Waals surface area contributed by atoms with E-state index in [1.165, 1.54) is 13.2 Å². The van der Waals surface area contributed by atoms with Crippen molar-refractivity contribution in [2.45, 2.75) is 6.43 Å². The molecule has 0 fully saturated rings. The molecule has 0 heterocycles. The Kier molecular flexibility index (Phi) is 5.51. The predicted octanol–water partition coefficient (Wildman–Crippen LogP) is 1.62. The third-order valence-corrected chi connectivity index (χ3v) is 2.34. The van der Waals surface area contributed by atoms with Gasteiger partial charge in [-0.05, 0) is 18.2 Å². The number of hydrogen-bond donors (Lipinski definition) is 1. The first-order valence-corrected chi connectivity index (χ1v) is 5.46. The van der Waals surface area contributed by atoms with Gasteiger partial charge in [0.05, 0.1) is 13.2 Å². The van der Waals surface area contributed by atoms with Crippen molar-refractivity contribution in [1.82, 2.24) is 4.90 Å². The molecule has 0 spiro atoms. The van der Waals surface area contributed by atoms with E-state index in [4.69, 9.17) is 10.5 Å². The third kappa shape index (κ3) is 4.29. The van der Waals surface area contributed by atoms with Gasteiger partial charge in [-0.1, -0.05) is 6.07 Å². The quantitative estimate of drug-likeness (QED) is 0.789. The first kappa shape index (κ1) is 14.4. The molecule has 0 bridgehead atoms. The number of carbonyl (C=O) groups is 1. The van der Waals surface area contributed by atoms with Gasteiger partial charge in [0, 0.05) is 24.9 Å². The Morgan fingerprint density at radius 1 is 1.50 bits per heavy atom. The lowest BCUT2D eigenvalue weighted by atomic mass is 10.2. The lowest BCUT2D eigenvalue weighted by Gasteiger charge is -2.22. The van der Waals surface area contributed by atoms with Crippen molar-refractivity contribution in [3.63, 3.8) is 0 Å². The zero-order chi connectivity index (χ0) is 13.5. The van der Waals surface area contributed by atoms with E-state index in [1.54, 1.807) is 18.2 Å². The molecular weight excluding hydrogens is 242 g/mol.